The van der Waals surface area contributed by atoms with E-state index in [4.69, 9.17) is 4.74 Å². The molecule has 2 rings (SSSR count). The second-order valence-electron chi connectivity index (χ2n) is 8.14. The lowest BCUT2D eigenvalue weighted by molar-refractivity contribution is 0.114. The van der Waals surface area contributed by atoms with Crippen molar-refractivity contribution in [3.8, 4) is 0 Å². The summed E-state index contributed by atoms with van der Waals surface area (Å²) in [4.78, 5) is 4.88. The summed E-state index contributed by atoms with van der Waals surface area (Å²) in [7, 11) is -3.52. The summed E-state index contributed by atoms with van der Waals surface area (Å²) in [6.45, 7) is 9.75. The fourth-order valence-electron chi connectivity index (χ4n) is 3.26. The van der Waals surface area contributed by atoms with E-state index in [9.17, 15) is 8.42 Å². The number of aliphatic imine (C=N–C) groups is 1. The smallest absolute Gasteiger partial charge is 0.240 e. The van der Waals surface area contributed by atoms with E-state index >= 15 is 0 Å². The molecule has 1 aromatic rings. The van der Waals surface area contributed by atoms with Crippen LogP contribution in [0.1, 0.15) is 58.4 Å². The van der Waals surface area contributed by atoms with Crippen molar-refractivity contribution in [1.82, 2.24) is 15.4 Å². The van der Waals surface area contributed by atoms with E-state index in [1.807, 2.05) is 19.1 Å². The highest BCUT2D eigenvalue weighted by molar-refractivity contribution is 14.0. The molecular formula is C22H39IN4O3S. The molecule has 0 radical (unpaired) electrons. The Labute approximate surface area is 205 Å². The highest BCUT2D eigenvalue weighted by Crippen LogP contribution is 2.14. The third-order valence-corrected chi connectivity index (χ3v) is 6.46. The van der Waals surface area contributed by atoms with E-state index in [0.717, 1.165) is 49.8 Å². The zero-order valence-corrected chi connectivity index (χ0v) is 22.2. The molecule has 1 aromatic carbocycles. The Morgan fingerprint density at radius 2 is 1.94 bits per heavy atom. The number of sulfonamides is 1. The third-order valence-electron chi connectivity index (χ3n) is 5.02. The molecule has 0 aliphatic carbocycles. The molecule has 1 fully saturated rings. The number of nitrogens with zero attached hydrogens (tertiary/aromatic N) is 1. The van der Waals surface area contributed by atoms with E-state index in [2.05, 4.69) is 34.2 Å². The predicted octanol–water partition coefficient (Wildman–Crippen LogP) is 3.64. The van der Waals surface area contributed by atoms with E-state index in [0.29, 0.717) is 19.7 Å². The largest absolute Gasteiger partial charge is 0.377 e. The minimum absolute atomic E-state index is 0. The molecule has 9 heteroatoms. The van der Waals surface area contributed by atoms with Gasteiger partial charge in [0.2, 0.25) is 10.0 Å². The number of rotatable bonds is 12. The van der Waals surface area contributed by atoms with Gasteiger partial charge >= 0.3 is 0 Å². The molecule has 7 nitrogen and oxygen atoms in total. The Balaban J connectivity index is 0.00000480. The van der Waals surface area contributed by atoms with Gasteiger partial charge in [-0.3, -0.25) is 0 Å². The van der Waals surface area contributed by atoms with Crippen molar-refractivity contribution in [3.05, 3.63) is 29.8 Å². The van der Waals surface area contributed by atoms with Gasteiger partial charge in [0.25, 0.3) is 0 Å². The molecule has 0 saturated carbocycles. The summed E-state index contributed by atoms with van der Waals surface area (Å²) in [5.41, 5.74) is 0.963. The van der Waals surface area contributed by atoms with Crippen LogP contribution in [0, 0.1) is 5.92 Å². The Kier molecular flexibility index (Phi) is 13.6. The quantitative estimate of drug-likeness (QED) is 0.156. The van der Waals surface area contributed by atoms with Crippen LogP contribution in [0.4, 0.5) is 0 Å². The molecular weight excluding hydrogens is 527 g/mol. The number of guanidine groups is 1. The van der Waals surface area contributed by atoms with Crippen molar-refractivity contribution >= 4 is 40.0 Å². The zero-order valence-electron chi connectivity index (χ0n) is 19.0. The van der Waals surface area contributed by atoms with Gasteiger partial charge in [0, 0.05) is 26.2 Å². The summed E-state index contributed by atoms with van der Waals surface area (Å²) in [6.07, 6.45) is 5.45. The van der Waals surface area contributed by atoms with Crippen LogP contribution < -0.4 is 15.4 Å². The van der Waals surface area contributed by atoms with Crippen LogP contribution in [0.2, 0.25) is 0 Å². The summed E-state index contributed by atoms with van der Waals surface area (Å²) in [5.74, 6) is 1.53. The maximum absolute atomic E-state index is 12.5. The van der Waals surface area contributed by atoms with E-state index in [-0.39, 0.29) is 35.0 Å². The highest BCUT2D eigenvalue weighted by atomic mass is 127. The average Bonchev–Trinajstić information content (AvgIpc) is 3.24. The molecule has 1 aliphatic heterocycles. The fraction of sp³-hybridized carbons (Fsp3) is 0.682. The zero-order chi connectivity index (χ0) is 21.8. The first-order valence-electron chi connectivity index (χ1n) is 11.1. The van der Waals surface area contributed by atoms with Crippen molar-refractivity contribution in [2.24, 2.45) is 10.9 Å². The van der Waals surface area contributed by atoms with Gasteiger partial charge in [-0.2, -0.15) is 0 Å². The molecule has 178 valence electrons. The maximum Gasteiger partial charge on any atom is 0.240 e. The molecule has 0 bridgehead atoms. The highest BCUT2D eigenvalue weighted by Gasteiger charge is 2.20. The van der Waals surface area contributed by atoms with E-state index in [1.54, 1.807) is 12.1 Å². The van der Waals surface area contributed by atoms with Crippen molar-refractivity contribution in [2.45, 2.75) is 70.4 Å². The Bertz CT molecular complexity index is 749. The second-order valence-corrected chi connectivity index (χ2v) is 9.91. The lowest BCUT2D eigenvalue weighted by Gasteiger charge is -2.12. The van der Waals surface area contributed by atoms with Crippen molar-refractivity contribution in [2.75, 3.05) is 26.2 Å². The van der Waals surface area contributed by atoms with Crippen molar-refractivity contribution < 1.29 is 13.2 Å². The summed E-state index contributed by atoms with van der Waals surface area (Å²) in [5, 5.41) is 6.62. The Morgan fingerprint density at radius 1 is 1.19 bits per heavy atom. The number of benzene rings is 1. The molecule has 3 N–H and O–H groups in total. The normalized spacial score (nSPS) is 16.9. The molecule has 1 aliphatic rings. The first-order valence-corrected chi connectivity index (χ1v) is 12.6. The standard InChI is InChI=1S/C22H38N4O3S.HI/c1-4-23-22(24-14-6-5-8-18(2)3)25-16-19-10-12-21(13-11-19)30(27,28)26-17-20-9-7-15-29-20;/h10-13,18,20,26H,4-9,14-17H2,1-3H3,(H2,23,24,25);1H. The number of halogens is 1. The first kappa shape index (κ1) is 28.1. The van der Waals surface area contributed by atoms with Gasteiger partial charge in [0.05, 0.1) is 17.5 Å². The van der Waals surface area contributed by atoms with Crippen LogP contribution in [0.5, 0.6) is 0 Å². The van der Waals surface area contributed by atoms with Crippen molar-refractivity contribution in [3.63, 3.8) is 0 Å². The topological polar surface area (TPSA) is 91.8 Å². The molecule has 0 aromatic heterocycles. The van der Waals surface area contributed by atoms with Crippen molar-refractivity contribution in [1.29, 1.82) is 0 Å². The van der Waals surface area contributed by atoms with Gasteiger partial charge < -0.3 is 15.4 Å². The van der Waals surface area contributed by atoms with E-state index in [1.165, 1.54) is 12.8 Å². The van der Waals surface area contributed by atoms with Gasteiger partial charge in [-0.05, 0) is 49.8 Å². The number of hydrogen-bond acceptors (Lipinski definition) is 4. The lowest BCUT2D eigenvalue weighted by Crippen LogP contribution is -2.37. The predicted molar refractivity (Wildman–Crippen MR) is 138 cm³/mol. The van der Waals surface area contributed by atoms with Crippen LogP contribution in [0.3, 0.4) is 0 Å². The molecule has 1 heterocycles. The van der Waals surface area contributed by atoms with Gasteiger partial charge in [0.15, 0.2) is 5.96 Å². The molecule has 1 atom stereocenters. The third kappa shape index (κ3) is 11.0. The van der Waals surface area contributed by atoms with E-state index < -0.39 is 10.0 Å². The van der Waals surface area contributed by atoms with Crippen LogP contribution >= 0.6 is 24.0 Å². The van der Waals surface area contributed by atoms with Crippen LogP contribution in [-0.4, -0.2) is 46.7 Å². The van der Waals surface area contributed by atoms with Crippen LogP contribution in [-0.2, 0) is 21.3 Å². The lowest BCUT2D eigenvalue weighted by atomic mass is 10.1. The molecule has 31 heavy (non-hydrogen) atoms. The summed E-state index contributed by atoms with van der Waals surface area (Å²) in [6, 6.07) is 6.90. The Morgan fingerprint density at radius 3 is 2.55 bits per heavy atom. The SMILES string of the molecule is CCNC(=NCc1ccc(S(=O)(=O)NCC2CCCO2)cc1)NCCCCC(C)C.I. The number of hydrogen-bond donors (Lipinski definition) is 3. The molecule has 0 spiro atoms. The van der Waals surface area contributed by atoms with Crippen LogP contribution in [0.25, 0.3) is 0 Å². The van der Waals surface area contributed by atoms with Gasteiger partial charge in [-0.1, -0.05) is 38.8 Å². The minimum atomic E-state index is -3.52. The monoisotopic (exact) mass is 566 g/mol. The van der Waals surface area contributed by atoms with Gasteiger partial charge in [-0.25, -0.2) is 18.1 Å². The van der Waals surface area contributed by atoms with Gasteiger partial charge in [0.1, 0.15) is 0 Å². The van der Waals surface area contributed by atoms with Crippen LogP contribution in [0.15, 0.2) is 34.2 Å². The second kappa shape index (κ2) is 15.0. The average molecular weight is 567 g/mol. The first-order chi connectivity index (χ1) is 14.4. The summed E-state index contributed by atoms with van der Waals surface area (Å²) >= 11 is 0. The molecule has 0 amide bonds. The minimum Gasteiger partial charge on any atom is -0.377 e. The maximum atomic E-state index is 12.5. The summed E-state index contributed by atoms with van der Waals surface area (Å²) < 4.78 is 33.0. The number of unbranched alkanes of at least 4 members (excludes halogenated alkanes) is 1. The number of nitrogens with one attached hydrogen (secondary N) is 3. The van der Waals surface area contributed by atoms with Gasteiger partial charge in [-0.15, -0.1) is 24.0 Å². The fourth-order valence-corrected chi connectivity index (χ4v) is 4.33. The molecule has 1 saturated heterocycles. The Hall–Kier alpha value is -0.910. The number of ether oxygens (including phenoxy) is 1. The molecule has 1 unspecified atom stereocenters.